The average molecular weight is 301 g/mol. The Kier molecular flexibility index (Phi) is 2.94. The van der Waals surface area contributed by atoms with Gasteiger partial charge in [-0.05, 0) is 38.8 Å². The zero-order valence-electron chi connectivity index (χ0n) is 9.38. The highest BCUT2D eigenvalue weighted by atomic mass is 79.9. The van der Waals surface area contributed by atoms with Crippen molar-refractivity contribution in [2.24, 2.45) is 0 Å². The first-order chi connectivity index (χ1) is 8.81. The summed E-state index contributed by atoms with van der Waals surface area (Å²) in [5.74, 6) is 1.28. The molecule has 0 saturated heterocycles. The summed E-state index contributed by atoms with van der Waals surface area (Å²) >= 11 is 3.28. The fraction of sp³-hybridized carbons (Fsp3) is 0. The van der Waals surface area contributed by atoms with Crippen molar-refractivity contribution < 1.29 is 4.74 Å². The van der Waals surface area contributed by atoms with Crippen LogP contribution in [0.15, 0.2) is 59.5 Å². The third-order valence-electron chi connectivity index (χ3n) is 2.55. The van der Waals surface area contributed by atoms with Crippen LogP contribution >= 0.6 is 15.9 Å². The second-order valence-electron chi connectivity index (χ2n) is 3.79. The van der Waals surface area contributed by atoms with Crippen molar-refractivity contribution in [2.75, 3.05) is 0 Å². The molecule has 0 aliphatic rings. The monoisotopic (exact) mass is 300 g/mol. The molecule has 0 fully saturated rings. The highest BCUT2D eigenvalue weighted by Crippen LogP contribution is 2.25. The number of hydrogen-bond acceptors (Lipinski definition) is 3. The number of hydrogen-bond donors (Lipinski definition) is 0. The first kappa shape index (κ1) is 11.2. The summed E-state index contributed by atoms with van der Waals surface area (Å²) in [5.41, 5.74) is 0. The summed E-state index contributed by atoms with van der Waals surface area (Å²) in [7, 11) is 0. The molecule has 3 aromatic rings. The van der Waals surface area contributed by atoms with Crippen LogP contribution in [-0.4, -0.2) is 9.97 Å². The van der Waals surface area contributed by atoms with E-state index in [0.29, 0.717) is 10.5 Å². The van der Waals surface area contributed by atoms with Crippen molar-refractivity contribution in [3.63, 3.8) is 0 Å². The van der Waals surface area contributed by atoms with Gasteiger partial charge in [0, 0.05) is 6.07 Å². The van der Waals surface area contributed by atoms with Crippen LogP contribution in [0.3, 0.4) is 0 Å². The van der Waals surface area contributed by atoms with Crippen LogP contribution in [0.25, 0.3) is 10.8 Å². The molecule has 1 heterocycles. The maximum atomic E-state index is 5.69. The van der Waals surface area contributed by atoms with Gasteiger partial charge in [0.15, 0.2) is 0 Å². The molecule has 88 valence electrons. The van der Waals surface area contributed by atoms with E-state index >= 15 is 0 Å². The molecule has 0 aliphatic heterocycles. The Morgan fingerprint density at radius 1 is 0.889 bits per heavy atom. The predicted molar refractivity (Wildman–Crippen MR) is 73.8 cm³/mol. The summed E-state index contributed by atoms with van der Waals surface area (Å²) in [6, 6.07) is 15.8. The molecule has 3 rings (SSSR count). The maximum absolute atomic E-state index is 5.69. The first-order valence-corrected chi connectivity index (χ1v) is 6.25. The molecular formula is C14H9BrN2O. The van der Waals surface area contributed by atoms with Crippen LogP contribution in [0.1, 0.15) is 0 Å². The first-order valence-electron chi connectivity index (χ1n) is 5.45. The molecule has 0 N–H and O–H groups in total. The Bertz CT molecular complexity index is 700. The zero-order chi connectivity index (χ0) is 12.4. The molecule has 0 radical (unpaired) electrons. The van der Waals surface area contributed by atoms with E-state index in [9.17, 15) is 0 Å². The number of halogens is 1. The van der Waals surface area contributed by atoms with Crippen LogP contribution < -0.4 is 4.74 Å². The van der Waals surface area contributed by atoms with Gasteiger partial charge in [0.1, 0.15) is 16.7 Å². The van der Waals surface area contributed by atoms with Gasteiger partial charge in [0.05, 0.1) is 0 Å². The van der Waals surface area contributed by atoms with Gasteiger partial charge in [-0.25, -0.2) is 9.97 Å². The lowest BCUT2D eigenvalue weighted by Crippen LogP contribution is -1.89. The van der Waals surface area contributed by atoms with Gasteiger partial charge in [-0.15, -0.1) is 0 Å². The summed E-state index contributed by atoms with van der Waals surface area (Å²) in [5, 5.41) is 2.33. The van der Waals surface area contributed by atoms with Gasteiger partial charge in [0.25, 0.3) is 0 Å². The van der Waals surface area contributed by atoms with E-state index < -0.39 is 0 Å². The van der Waals surface area contributed by atoms with Gasteiger partial charge < -0.3 is 4.74 Å². The van der Waals surface area contributed by atoms with Crippen molar-refractivity contribution in [2.45, 2.75) is 0 Å². The normalized spacial score (nSPS) is 10.5. The molecular weight excluding hydrogens is 292 g/mol. The molecule has 1 aromatic heterocycles. The van der Waals surface area contributed by atoms with Crippen LogP contribution in [0.2, 0.25) is 0 Å². The third kappa shape index (κ3) is 2.33. The fourth-order valence-corrected chi connectivity index (χ4v) is 2.01. The number of rotatable bonds is 2. The molecule has 3 nitrogen and oxygen atoms in total. The van der Waals surface area contributed by atoms with Crippen molar-refractivity contribution in [3.8, 4) is 11.6 Å². The quantitative estimate of drug-likeness (QED) is 0.666. The number of benzene rings is 2. The molecule has 0 aliphatic carbocycles. The third-order valence-corrected chi connectivity index (χ3v) is 2.99. The van der Waals surface area contributed by atoms with Crippen LogP contribution in [-0.2, 0) is 0 Å². The number of aromatic nitrogens is 2. The standard InChI is InChI=1S/C14H9BrN2O/c15-13-8-14(17-9-16-13)18-12-6-5-10-3-1-2-4-11(10)7-12/h1-9H. The van der Waals surface area contributed by atoms with Crippen LogP contribution in [0, 0.1) is 0 Å². The second-order valence-corrected chi connectivity index (χ2v) is 4.60. The molecule has 2 aromatic carbocycles. The molecule has 0 bridgehead atoms. The van der Waals surface area contributed by atoms with E-state index in [-0.39, 0.29) is 0 Å². The topological polar surface area (TPSA) is 35.0 Å². The molecule has 18 heavy (non-hydrogen) atoms. The molecule has 0 atom stereocenters. The Balaban J connectivity index is 1.95. The van der Waals surface area contributed by atoms with Gasteiger partial charge in [-0.3, -0.25) is 0 Å². The highest BCUT2D eigenvalue weighted by molar-refractivity contribution is 9.10. The average Bonchev–Trinajstić information content (AvgIpc) is 2.39. The zero-order valence-corrected chi connectivity index (χ0v) is 11.0. The molecule has 0 unspecified atom stereocenters. The van der Waals surface area contributed by atoms with Gasteiger partial charge in [0.2, 0.25) is 5.88 Å². The van der Waals surface area contributed by atoms with E-state index in [1.54, 1.807) is 6.07 Å². The van der Waals surface area contributed by atoms with Gasteiger partial charge in [-0.2, -0.15) is 0 Å². The molecule has 0 spiro atoms. The highest BCUT2D eigenvalue weighted by Gasteiger charge is 2.01. The van der Waals surface area contributed by atoms with Crippen molar-refractivity contribution in [1.29, 1.82) is 0 Å². The second kappa shape index (κ2) is 4.74. The minimum Gasteiger partial charge on any atom is -0.439 e. The SMILES string of the molecule is Brc1cc(Oc2ccc3ccccc3c2)ncn1. The summed E-state index contributed by atoms with van der Waals surface area (Å²) in [6.07, 6.45) is 1.46. The Morgan fingerprint density at radius 2 is 1.72 bits per heavy atom. The van der Waals surface area contributed by atoms with Crippen molar-refractivity contribution >= 4 is 26.7 Å². The van der Waals surface area contributed by atoms with Crippen molar-refractivity contribution in [3.05, 3.63) is 59.5 Å². The summed E-state index contributed by atoms with van der Waals surface area (Å²) < 4.78 is 6.39. The predicted octanol–water partition coefficient (Wildman–Crippen LogP) is 4.18. The van der Waals surface area contributed by atoms with Crippen LogP contribution in [0.4, 0.5) is 0 Å². The minimum absolute atomic E-state index is 0.521. The van der Waals surface area contributed by atoms with Gasteiger partial charge >= 0.3 is 0 Å². The molecule has 0 amide bonds. The van der Waals surface area contributed by atoms with E-state index in [2.05, 4.69) is 38.0 Å². The van der Waals surface area contributed by atoms with E-state index in [1.807, 2.05) is 30.3 Å². The molecule has 0 saturated carbocycles. The Morgan fingerprint density at radius 3 is 2.56 bits per heavy atom. The number of nitrogens with zero attached hydrogens (tertiary/aromatic N) is 2. The van der Waals surface area contributed by atoms with E-state index in [0.717, 1.165) is 11.1 Å². The Labute approximate surface area is 113 Å². The smallest absolute Gasteiger partial charge is 0.223 e. The Hall–Kier alpha value is -1.94. The largest absolute Gasteiger partial charge is 0.439 e. The van der Waals surface area contributed by atoms with Crippen LogP contribution in [0.5, 0.6) is 11.6 Å². The number of ether oxygens (including phenoxy) is 1. The minimum atomic E-state index is 0.521. The lowest BCUT2D eigenvalue weighted by molar-refractivity contribution is 0.461. The lowest BCUT2D eigenvalue weighted by Gasteiger charge is -2.05. The lowest BCUT2D eigenvalue weighted by atomic mass is 10.1. The van der Waals surface area contributed by atoms with E-state index in [4.69, 9.17) is 4.74 Å². The number of fused-ring (bicyclic) bond motifs is 1. The maximum Gasteiger partial charge on any atom is 0.223 e. The summed E-state index contributed by atoms with van der Waals surface area (Å²) in [6.45, 7) is 0. The van der Waals surface area contributed by atoms with Gasteiger partial charge in [-0.1, -0.05) is 30.3 Å². The summed E-state index contributed by atoms with van der Waals surface area (Å²) in [4.78, 5) is 8.01. The van der Waals surface area contributed by atoms with E-state index in [1.165, 1.54) is 11.7 Å². The molecule has 4 heteroatoms. The van der Waals surface area contributed by atoms with Crippen molar-refractivity contribution in [1.82, 2.24) is 9.97 Å². The fourth-order valence-electron chi connectivity index (χ4n) is 1.72.